The van der Waals surface area contributed by atoms with Crippen molar-refractivity contribution in [3.8, 4) is 0 Å². The van der Waals surface area contributed by atoms with Crippen molar-refractivity contribution < 1.29 is 4.79 Å². The Hall–Kier alpha value is -2.69. The minimum absolute atomic E-state index is 0.150. The molecular formula is C23H19ClN2OS. The van der Waals surface area contributed by atoms with E-state index in [-0.39, 0.29) is 5.91 Å². The van der Waals surface area contributed by atoms with E-state index in [0.717, 1.165) is 21.3 Å². The standard InChI is InChI=1S/C23H19ClN2OS/c1-15-12-16(2)21-20(13-15)25-23(28-21)26(14-17-8-4-3-5-9-17)22(27)18-10-6-7-11-19(18)24/h3-13H,14H2,1-2H3. The van der Waals surface area contributed by atoms with Gasteiger partial charge < -0.3 is 0 Å². The van der Waals surface area contributed by atoms with Gasteiger partial charge in [-0.3, -0.25) is 9.69 Å². The molecule has 0 spiro atoms. The molecule has 5 heteroatoms. The van der Waals surface area contributed by atoms with Crippen LogP contribution in [0.5, 0.6) is 0 Å². The molecule has 0 bridgehead atoms. The van der Waals surface area contributed by atoms with Gasteiger partial charge in [0, 0.05) is 0 Å². The summed E-state index contributed by atoms with van der Waals surface area (Å²) in [7, 11) is 0. The molecule has 0 aliphatic rings. The van der Waals surface area contributed by atoms with Crippen LogP contribution < -0.4 is 4.90 Å². The van der Waals surface area contributed by atoms with Crippen LogP contribution >= 0.6 is 22.9 Å². The number of hydrogen-bond donors (Lipinski definition) is 0. The van der Waals surface area contributed by atoms with Crippen LogP contribution in [0.1, 0.15) is 27.0 Å². The SMILES string of the molecule is Cc1cc(C)c2sc(N(Cc3ccccc3)C(=O)c3ccccc3Cl)nc2c1. The Morgan fingerprint density at radius 1 is 1.04 bits per heavy atom. The summed E-state index contributed by atoms with van der Waals surface area (Å²) < 4.78 is 1.10. The molecule has 140 valence electrons. The van der Waals surface area contributed by atoms with Gasteiger partial charge in [-0.25, -0.2) is 4.98 Å². The molecule has 1 amide bonds. The van der Waals surface area contributed by atoms with Crippen molar-refractivity contribution in [3.63, 3.8) is 0 Å². The molecule has 4 rings (SSSR count). The molecule has 1 heterocycles. The Bertz CT molecular complexity index is 1150. The van der Waals surface area contributed by atoms with E-state index < -0.39 is 0 Å². The topological polar surface area (TPSA) is 33.2 Å². The Morgan fingerprint density at radius 3 is 2.50 bits per heavy atom. The highest BCUT2D eigenvalue weighted by atomic mass is 35.5. The summed E-state index contributed by atoms with van der Waals surface area (Å²) in [5.74, 6) is -0.150. The summed E-state index contributed by atoms with van der Waals surface area (Å²) in [6, 6.07) is 21.3. The fraction of sp³-hybridized carbons (Fsp3) is 0.130. The first-order valence-electron chi connectivity index (χ1n) is 9.01. The molecule has 0 radical (unpaired) electrons. The third-order valence-electron chi connectivity index (χ3n) is 4.57. The number of hydrogen-bond acceptors (Lipinski definition) is 3. The van der Waals surface area contributed by atoms with E-state index in [4.69, 9.17) is 16.6 Å². The van der Waals surface area contributed by atoms with Gasteiger partial charge in [-0.05, 0) is 48.7 Å². The van der Waals surface area contributed by atoms with Crippen LogP contribution in [0.4, 0.5) is 5.13 Å². The molecule has 0 N–H and O–H groups in total. The highest BCUT2D eigenvalue weighted by Gasteiger charge is 2.23. The molecule has 4 aromatic rings. The van der Waals surface area contributed by atoms with E-state index >= 15 is 0 Å². The maximum atomic E-state index is 13.4. The third kappa shape index (κ3) is 3.66. The molecule has 3 nitrogen and oxygen atoms in total. The van der Waals surface area contributed by atoms with Crippen molar-refractivity contribution in [2.24, 2.45) is 0 Å². The van der Waals surface area contributed by atoms with Gasteiger partial charge in [-0.1, -0.05) is 71.5 Å². The first-order valence-corrected chi connectivity index (χ1v) is 10.2. The number of aryl methyl sites for hydroxylation is 2. The normalized spacial score (nSPS) is 11.0. The van der Waals surface area contributed by atoms with Crippen LogP contribution in [0, 0.1) is 13.8 Å². The summed E-state index contributed by atoms with van der Waals surface area (Å²) in [4.78, 5) is 19.9. The minimum Gasteiger partial charge on any atom is -0.279 e. The largest absolute Gasteiger partial charge is 0.279 e. The Labute approximate surface area is 173 Å². The van der Waals surface area contributed by atoms with E-state index in [1.165, 1.54) is 16.9 Å². The van der Waals surface area contributed by atoms with Gasteiger partial charge in [-0.2, -0.15) is 0 Å². The van der Waals surface area contributed by atoms with E-state index in [1.54, 1.807) is 17.0 Å². The number of anilines is 1. The summed E-state index contributed by atoms with van der Waals surface area (Å²) in [6.45, 7) is 4.57. The van der Waals surface area contributed by atoms with Gasteiger partial charge in [-0.15, -0.1) is 0 Å². The van der Waals surface area contributed by atoms with Gasteiger partial charge in [0.25, 0.3) is 5.91 Å². The molecule has 0 fully saturated rings. The van der Waals surface area contributed by atoms with Crippen molar-refractivity contribution in [1.29, 1.82) is 0 Å². The summed E-state index contributed by atoms with van der Waals surface area (Å²) in [5, 5.41) is 1.12. The van der Waals surface area contributed by atoms with E-state index in [0.29, 0.717) is 22.3 Å². The zero-order valence-electron chi connectivity index (χ0n) is 15.6. The van der Waals surface area contributed by atoms with Gasteiger partial charge in [0.15, 0.2) is 5.13 Å². The number of nitrogens with zero attached hydrogens (tertiary/aromatic N) is 2. The van der Waals surface area contributed by atoms with E-state index in [2.05, 4.69) is 26.0 Å². The highest BCUT2D eigenvalue weighted by molar-refractivity contribution is 7.22. The van der Waals surface area contributed by atoms with Crippen molar-refractivity contribution in [2.45, 2.75) is 20.4 Å². The van der Waals surface area contributed by atoms with Crippen LogP contribution in [0.25, 0.3) is 10.2 Å². The number of rotatable bonds is 4. The highest BCUT2D eigenvalue weighted by Crippen LogP contribution is 2.34. The average Bonchev–Trinajstić information content (AvgIpc) is 3.11. The maximum absolute atomic E-state index is 13.4. The molecule has 0 unspecified atom stereocenters. The van der Waals surface area contributed by atoms with Crippen molar-refractivity contribution in [3.05, 3.63) is 94.0 Å². The first-order chi connectivity index (χ1) is 13.5. The van der Waals surface area contributed by atoms with E-state index in [9.17, 15) is 4.79 Å². The van der Waals surface area contributed by atoms with Crippen molar-refractivity contribution >= 4 is 44.2 Å². The lowest BCUT2D eigenvalue weighted by molar-refractivity contribution is 0.0985. The van der Waals surface area contributed by atoms with Gasteiger partial charge in [0.1, 0.15) is 0 Å². The Morgan fingerprint density at radius 2 is 1.75 bits per heavy atom. The van der Waals surface area contributed by atoms with Crippen LogP contribution in [-0.4, -0.2) is 10.9 Å². The smallest absolute Gasteiger partial charge is 0.261 e. The first kappa shape index (κ1) is 18.7. The number of fused-ring (bicyclic) bond motifs is 1. The van der Waals surface area contributed by atoms with Gasteiger partial charge >= 0.3 is 0 Å². The fourth-order valence-electron chi connectivity index (χ4n) is 3.25. The molecule has 0 saturated carbocycles. The number of benzene rings is 3. The lowest BCUT2D eigenvalue weighted by Crippen LogP contribution is -2.30. The molecular weight excluding hydrogens is 388 g/mol. The second kappa shape index (κ2) is 7.74. The third-order valence-corrected chi connectivity index (χ3v) is 6.13. The van der Waals surface area contributed by atoms with Crippen LogP contribution in [0.15, 0.2) is 66.7 Å². The quantitative estimate of drug-likeness (QED) is 0.392. The lowest BCUT2D eigenvalue weighted by atomic mass is 10.1. The van der Waals surface area contributed by atoms with Crippen LogP contribution in [0.3, 0.4) is 0 Å². The van der Waals surface area contributed by atoms with Crippen LogP contribution in [0.2, 0.25) is 5.02 Å². The molecule has 0 aliphatic heterocycles. The lowest BCUT2D eigenvalue weighted by Gasteiger charge is -2.20. The number of aromatic nitrogens is 1. The predicted molar refractivity (Wildman–Crippen MR) is 118 cm³/mol. The second-order valence-corrected chi connectivity index (χ2v) is 8.17. The maximum Gasteiger partial charge on any atom is 0.261 e. The fourth-order valence-corrected chi connectivity index (χ4v) is 4.48. The number of halogens is 1. The Kier molecular flexibility index (Phi) is 5.16. The average molecular weight is 407 g/mol. The zero-order valence-corrected chi connectivity index (χ0v) is 17.2. The summed E-state index contributed by atoms with van der Waals surface area (Å²) >= 11 is 7.85. The predicted octanol–water partition coefficient (Wildman–Crippen LogP) is 6.41. The monoisotopic (exact) mass is 406 g/mol. The second-order valence-electron chi connectivity index (χ2n) is 6.78. The van der Waals surface area contributed by atoms with Crippen molar-refractivity contribution in [1.82, 2.24) is 4.98 Å². The number of amides is 1. The van der Waals surface area contributed by atoms with Gasteiger partial charge in [0.05, 0.1) is 27.3 Å². The summed E-state index contributed by atoms with van der Waals surface area (Å²) in [6.07, 6.45) is 0. The van der Waals surface area contributed by atoms with Crippen molar-refractivity contribution in [2.75, 3.05) is 4.90 Å². The number of thiazole rings is 1. The molecule has 0 saturated heterocycles. The minimum atomic E-state index is -0.150. The molecule has 0 atom stereocenters. The summed E-state index contributed by atoms with van der Waals surface area (Å²) in [5.41, 5.74) is 4.77. The molecule has 1 aromatic heterocycles. The zero-order chi connectivity index (χ0) is 19.7. The molecule has 28 heavy (non-hydrogen) atoms. The number of carbonyl (C=O) groups is 1. The van der Waals surface area contributed by atoms with Gasteiger partial charge in [0.2, 0.25) is 0 Å². The molecule has 3 aromatic carbocycles. The number of carbonyl (C=O) groups excluding carboxylic acids is 1. The molecule has 0 aliphatic carbocycles. The van der Waals surface area contributed by atoms with E-state index in [1.807, 2.05) is 42.5 Å². The van der Waals surface area contributed by atoms with Crippen LogP contribution in [-0.2, 0) is 6.54 Å². The Balaban J connectivity index is 1.82.